The van der Waals surface area contributed by atoms with Crippen LogP contribution in [0.25, 0.3) is 0 Å². The van der Waals surface area contributed by atoms with Gasteiger partial charge < -0.3 is 15.7 Å². The van der Waals surface area contributed by atoms with E-state index >= 15 is 0 Å². The van der Waals surface area contributed by atoms with Gasteiger partial charge in [-0.25, -0.2) is 0 Å². The van der Waals surface area contributed by atoms with E-state index in [1.54, 1.807) is 0 Å². The van der Waals surface area contributed by atoms with Crippen molar-refractivity contribution in [1.82, 2.24) is 0 Å². The van der Waals surface area contributed by atoms with Gasteiger partial charge in [0.2, 0.25) is 0 Å². The molecule has 1 unspecified atom stereocenters. The first-order valence-corrected chi connectivity index (χ1v) is 11.5. The fourth-order valence-corrected chi connectivity index (χ4v) is 7.51. The van der Waals surface area contributed by atoms with E-state index in [-0.39, 0.29) is 41.2 Å². The van der Waals surface area contributed by atoms with Gasteiger partial charge in [-0.3, -0.25) is 9.59 Å². The maximum atomic E-state index is 12.6. The van der Waals surface area contributed by atoms with Crippen LogP contribution >= 0.6 is 12.4 Å². The van der Waals surface area contributed by atoms with Crippen LogP contribution in [0.4, 0.5) is 0 Å². The van der Waals surface area contributed by atoms with Gasteiger partial charge in [0.1, 0.15) is 11.9 Å². The average Bonchev–Trinajstić information content (AvgIpc) is 3.01. The standard InChI is InChI=1S/C23H36N2O4.ClH/c1-22-9-7-14(29-21(27)4-3-11-24)12-18(22)19(25-28)13-15-16-5-6-20(26)23(16,2)10-8-17(15)22;/h14-18,28H,3-13,24H2,1-2H3;1H/b25-19+;/t14-,15-,16-,17-,18?,22+,23-;/m0./s1. The monoisotopic (exact) mass is 440 g/mol. The second-order valence-corrected chi connectivity index (χ2v) is 10.4. The Labute approximate surface area is 185 Å². The minimum Gasteiger partial charge on any atom is -0.462 e. The Kier molecular flexibility index (Phi) is 6.88. The topological polar surface area (TPSA) is 102 Å². The summed E-state index contributed by atoms with van der Waals surface area (Å²) in [5.41, 5.74) is 6.23. The van der Waals surface area contributed by atoms with Gasteiger partial charge in [0.25, 0.3) is 0 Å². The first kappa shape index (κ1) is 23.5. The number of rotatable bonds is 4. The van der Waals surface area contributed by atoms with Crippen LogP contribution in [0.1, 0.15) is 78.1 Å². The molecule has 0 bridgehead atoms. The van der Waals surface area contributed by atoms with Crippen molar-refractivity contribution in [1.29, 1.82) is 0 Å². The zero-order valence-corrected chi connectivity index (χ0v) is 19.1. The van der Waals surface area contributed by atoms with Crippen LogP contribution in [0.5, 0.6) is 0 Å². The maximum Gasteiger partial charge on any atom is 0.306 e. The predicted molar refractivity (Wildman–Crippen MR) is 117 cm³/mol. The first-order chi connectivity index (χ1) is 13.8. The summed E-state index contributed by atoms with van der Waals surface area (Å²) in [6, 6.07) is 0. The summed E-state index contributed by atoms with van der Waals surface area (Å²) < 4.78 is 5.74. The SMILES string of the molecule is C[C@]12CC[C@H](OC(=O)CCCN)CC1/C(=N/O)C[C@@H]1[C@@H]2CC[C@]2(C)C(=O)CC[C@@H]12.Cl. The quantitative estimate of drug-likeness (QED) is 0.389. The van der Waals surface area contributed by atoms with E-state index in [0.29, 0.717) is 49.3 Å². The zero-order chi connectivity index (χ0) is 20.8. The molecule has 4 aliphatic carbocycles. The number of hydrogen-bond acceptors (Lipinski definition) is 6. The number of oxime groups is 1. The second-order valence-electron chi connectivity index (χ2n) is 10.4. The number of carbonyl (C=O) groups is 2. The summed E-state index contributed by atoms with van der Waals surface area (Å²) >= 11 is 0. The van der Waals surface area contributed by atoms with E-state index in [2.05, 4.69) is 19.0 Å². The summed E-state index contributed by atoms with van der Waals surface area (Å²) in [4.78, 5) is 24.7. The van der Waals surface area contributed by atoms with Gasteiger partial charge in [0.05, 0.1) is 5.71 Å². The predicted octanol–water partition coefficient (Wildman–Crippen LogP) is 4.11. The van der Waals surface area contributed by atoms with Crippen LogP contribution in [0.3, 0.4) is 0 Å². The van der Waals surface area contributed by atoms with Crippen molar-refractivity contribution in [3.8, 4) is 0 Å². The summed E-state index contributed by atoms with van der Waals surface area (Å²) in [6.07, 6.45) is 8.04. The van der Waals surface area contributed by atoms with Gasteiger partial charge in [0, 0.05) is 24.2 Å². The molecule has 0 heterocycles. The minimum atomic E-state index is -0.180. The highest BCUT2D eigenvalue weighted by Gasteiger charge is 2.62. The number of halogens is 1. The first-order valence-electron chi connectivity index (χ1n) is 11.5. The van der Waals surface area contributed by atoms with Crippen molar-refractivity contribution in [2.75, 3.05) is 6.54 Å². The van der Waals surface area contributed by atoms with Crippen molar-refractivity contribution in [2.45, 2.75) is 84.2 Å². The molecule has 0 aromatic heterocycles. The van der Waals surface area contributed by atoms with Crippen molar-refractivity contribution in [3.63, 3.8) is 0 Å². The Balaban J connectivity index is 0.00000256. The maximum absolute atomic E-state index is 12.6. The van der Waals surface area contributed by atoms with E-state index in [0.717, 1.165) is 50.7 Å². The van der Waals surface area contributed by atoms with E-state index in [4.69, 9.17) is 10.5 Å². The number of ether oxygens (including phenoxy) is 1. The third-order valence-electron chi connectivity index (χ3n) is 9.15. The highest BCUT2D eigenvalue weighted by molar-refractivity contribution is 5.90. The van der Waals surface area contributed by atoms with E-state index in [9.17, 15) is 14.8 Å². The molecule has 0 saturated heterocycles. The fourth-order valence-electron chi connectivity index (χ4n) is 7.51. The van der Waals surface area contributed by atoms with Gasteiger partial charge in [0.15, 0.2) is 0 Å². The average molecular weight is 441 g/mol. The van der Waals surface area contributed by atoms with Crippen LogP contribution in [0, 0.1) is 34.5 Å². The van der Waals surface area contributed by atoms with Crippen molar-refractivity contribution < 1.29 is 19.5 Å². The molecule has 4 saturated carbocycles. The largest absolute Gasteiger partial charge is 0.462 e. The molecule has 4 fully saturated rings. The number of fused-ring (bicyclic) bond motifs is 5. The van der Waals surface area contributed by atoms with Crippen LogP contribution in [-0.2, 0) is 14.3 Å². The third-order valence-corrected chi connectivity index (χ3v) is 9.15. The molecule has 4 rings (SSSR count). The molecule has 170 valence electrons. The molecule has 0 radical (unpaired) electrons. The number of hydrogen-bond donors (Lipinski definition) is 2. The fraction of sp³-hybridized carbons (Fsp3) is 0.870. The van der Waals surface area contributed by atoms with Gasteiger partial charge in [-0.2, -0.15) is 0 Å². The van der Waals surface area contributed by atoms with Crippen molar-refractivity contribution in [2.24, 2.45) is 45.4 Å². The summed E-state index contributed by atoms with van der Waals surface area (Å²) in [6.45, 7) is 5.02. The van der Waals surface area contributed by atoms with Crippen LogP contribution in [0.15, 0.2) is 5.16 Å². The Hall–Kier alpha value is -1.14. The molecule has 30 heavy (non-hydrogen) atoms. The normalized spacial score (nSPS) is 43.9. The second kappa shape index (κ2) is 8.78. The minimum absolute atomic E-state index is 0. The van der Waals surface area contributed by atoms with E-state index in [1.807, 2.05) is 0 Å². The molecule has 0 aromatic rings. The lowest BCUT2D eigenvalue weighted by Gasteiger charge is -2.60. The van der Waals surface area contributed by atoms with Gasteiger partial charge in [-0.15, -0.1) is 12.4 Å². The number of ketones is 1. The molecule has 7 heteroatoms. The molecular weight excluding hydrogens is 404 g/mol. The van der Waals surface area contributed by atoms with Crippen LogP contribution in [0.2, 0.25) is 0 Å². The van der Waals surface area contributed by atoms with Gasteiger partial charge in [-0.05, 0) is 81.1 Å². The Bertz CT molecular complexity index is 713. The summed E-state index contributed by atoms with van der Waals surface area (Å²) in [5.74, 6) is 1.81. The Morgan fingerprint density at radius 1 is 1.23 bits per heavy atom. The Morgan fingerprint density at radius 3 is 2.70 bits per heavy atom. The molecule has 0 amide bonds. The summed E-state index contributed by atoms with van der Waals surface area (Å²) in [5, 5.41) is 13.6. The van der Waals surface area contributed by atoms with Crippen molar-refractivity contribution >= 4 is 29.9 Å². The molecular formula is C23H37ClN2O4. The van der Waals surface area contributed by atoms with E-state index < -0.39 is 0 Å². The highest BCUT2D eigenvalue weighted by atomic mass is 35.5. The smallest absolute Gasteiger partial charge is 0.306 e. The molecule has 0 aliphatic heterocycles. The highest BCUT2D eigenvalue weighted by Crippen LogP contribution is 2.65. The van der Waals surface area contributed by atoms with Crippen molar-refractivity contribution in [3.05, 3.63) is 0 Å². The van der Waals surface area contributed by atoms with Crippen LogP contribution in [-0.4, -0.2) is 35.3 Å². The molecule has 0 spiro atoms. The van der Waals surface area contributed by atoms with E-state index in [1.165, 1.54) is 0 Å². The molecule has 3 N–H and O–H groups in total. The Morgan fingerprint density at radius 2 is 2.00 bits per heavy atom. The number of nitrogens with two attached hydrogens (primary N) is 1. The lowest BCUT2D eigenvalue weighted by molar-refractivity contribution is -0.156. The molecule has 0 aromatic carbocycles. The number of carbonyl (C=O) groups excluding carboxylic acids is 2. The van der Waals surface area contributed by atoms with Gasteiger partial charge >= 0.3 is 5.97 Å². The number of Topliss-reactive ketones (excluding diaryl/α,β-unsaturated/α-hetero) is 1. The zero-order valence-electron chi connectivity index (χ0n) is 18.3. The summed E-state index contributed by atoms with van der Waals surface area (Å²) in [7, 11) is 0. The lowest BCUT2D eigenvalue weighted by atomic mass is 9.44. The third kappa shape index (κ3) is 3.68. The molecule has 7 atom stereocenters. The number of esters is 1. The molecule has 4 aliphatic rings. The van der Waals surface area contributed by atoms with Gasteiger partial charge in [-0.1, -0.05) is 19.0 Å². The molecule has 6 nitrogen and oxygen atoms in total. The number of nitrogens with zero attached hydrogens (tertiary/aromatic N) is 1. The lowest BCUT2D eigenvalue weighted by Crippen LogP contribution is -2.57. The van der Waals surface area contributed by atoms with Crippen LogP contribution < -0.4 is 5.73 Å².